The molecule has 1 aliphatic heterocycles. The second kappa shape index (κ2) is 4.72. The molecule has 1 aromatic carbocycles. The van der Waals surface area contributed by atoms with Crippen molar-refractivity contribution in [3.05, 3.63) is 63.7 Å². The molecule has 0 saturated heterocycles. The smallest absolute Gasteiger partial charge is 0.149 e. The maximum Gasteiger partial charge on any atom is 0.149 e. The predicted molar refractivity (Wildman–Crippen MR) is 86.1 cm³/mol. The number of halogens is 1. The number of ether oxygens (including phenoxy) is 1. The van der Waals surface area contributed by atoms with Crippen molar-refractivity contribution in [1.29, 1.82) is 0 Å². The van der Waals surface area contributed by atoms with Crippen molar-refractivity contribution in [2.45, 2.75) is 6.42 Å². The summed E-state index contributed by atoms with van der Waals surface area (Å²) in [7, 11) is 0. The van der Waals surface area contributed by atoms with Gasteiger partial charge >= 0.3 is 0 Å². The lowest BCUT2D eigenvalue weighted by Gasteiger charge is -2.18. The molecule has 1 aliphatic rings. The molecule has 98 valence electrons. The molecule has 0 bridgehead atoms. The van der Waals surface area contributed by atoms with Crippen LogP contribution < -0.4 is 4.74 Å². The summed E-state index contributed by atoms with van der Waals surface area (Å²) >= 11 is 5.21. The molecule has 0 radical (unpaired) electrons. The molecule has 0 saturated carbocycles. The van der Waals surface area contributed by atoms with Crippen LogP contribution in [0, 0.1) is 0 Å². The number of hydrogen-bond donors (Lipinski definition) is 0. The zero-order valence-electron chi connectivity index (χ0n) is 10.5. The number of allylic oxidation sites excluding steroid dienone is 1. The molecule has 0 atom stereocenters. The highest BCUT2D eigenvalue weighted by Gasteiger charge is 2.15. The molecule has 2 nitrogen and oxygen atoms in total. The molecule has 4 heteroatoms. The minimum atomic E-state index is 0.843. The van der Waals surface area contributed by atoms with E-state index in [2.05, 4.69) is 50.6 Å². The third-order valence-electron chi connectivity index (χ3n) is 3.34. The summed E-state index contributed by atoms with van der Waals surface area (Å²) in [6.45, 7) is 0. The van der Waals surface area contributed by atoms with Gasteiger partial charge in [0.15, 0.2) is 0 Å². The van der Waals surface area contributed by atoms with E-state index in [1.807, 2.05) is 18.3 Å². The number of hydrogen-bond acceptors (Lipinski definition) is 3. The SMILES string of the molecule is Brc1ccc2c(c1)CC=C(c1cc3sccc3cn1)O2. The van der Waals surface area contributed by atoms with Crippen LogP contribution in [-0.2, 0) is 6.42 Å². The maximum absolute atomic E-state index is 5.98. The van der Waals surface area contributed by atoms with Crippen LogP contribution in [0.4, 0.5) is 0 Å². The second-order valence-corrected chi connectivity index (χ2v) is 6.52. The van der Waals surface area contributed by atoms with Gasteiger partial charge in [-0.2, -0.15) is 0 Å². The molecule has 20 heavy (non-hydrogen) atoms. The number of benzene rings is 1. The highest BCUT2D eigenvalue weighted by molar-refractivity contribution is 9.10. The summed E-state index contributed by atoms with van der Waals surface area (Å²) in [5.41, 5.74) is 2.09. The Hall–Kier alpha value is -1.65. The van der Waals surface area contributed by atoms with Crippen molar-refractivity contribution in [2.24, 2.45) is 0 Å². The quantitative estimate of drug-likeness (QED) is 0.617. The summed E-state index contributed by atoms with van der Waals surface area (Å²) in [6.07, 6.45) is 4.87. The van der Waals surface area contributed by atoms with Gasteiger partial charge in [0.25, 0.3) is 0 Å². The fraction of sp³-hybridized carbons (Fsp3) is 0.0625. The van der Waals surface area contributed by atoms with Gasteiger partial charge < -0.3 is 4.74 Å². The van der Waals surface area contributed by atoms with Crippen LogP contribution in [0.3, 0.4) is 0 Å². The van der Waals surface area contributed by atoms with E-state index in [9.17, 15) is 0 Å². The van der Waals surface area contributed by atoms with Gasteiger partial charge in [0.1, 0.15) is 17.2 Å². The summed E-state index contributed by atoms with van der Waals surface area (Å²) < 4.78 is 8.30. The Kier molecular flexibility index (Phi) is 2.86. The van der Waals surface area contributed by atoms with Crippen LogP contribution >= 0.6 is 27.3 Å². The van der Waals surface area contributed by atoms with Gasteiger partial charge in [0, 0.05) is 20.8 Å². The van der Waals surface area contributed by atoms with Gasteiger partial charge in [-0.1, -0.05) is 15.9 Å². The fourth-order valence-corrected chi connectivity index (χ4v) is 3.52. The lowest BCUT2D eigenvalue weighted by Crippen LogP contribution is -2.05. The summed E-state index contributed by atoms with van der Waals surface area (Å²) in [5, 5.41) is 3.26. The topological polar surface area (TPSA) is 22.1 Å². The molecule has 0 unspecified atom stereocenters. The second-order valence-electron chi connectivity index (χ2n) is 4.65. The average molecular weight is 344 g/mol. The van der Waals surface area contributed by atoms with Crippen molar-refractivity contribution in [3.8, 4) is 5.75 Å². The molecule has 0 N–H and O–H groups in total. The monoisotopic (exact) mass is 343 g/mol. The van der Waals surface area contributed by atoms with Crippen LogP contribution in [0.1, 0.15) is 11.3 Å². The van der Waals surface area contributed by atoms with Crippen molar-refractivity contribution < 1.29 is 4.74 Å². The first kappa shape index (κ1) is 12.1. The Bertz CT molecular complexity index is 837. The first-order valence-electron chi connectivity index (χ1n) is 6.30. The Balaban J connectivity index is 1.73. The number of fused-ring (bicyclic) bond motifs is 2. The number of pyridine rings is 1. The molecule has 0 aliphatic carbocycles. The number of thiophene rings is 1. The maximum atomic E-state index is 5.98. The van der Waals surface area contributed by atoms with Crippen molar-refractivity contribution in [1.82, 2.24) is 4.98 Å². The lowest BCUT2D eigenvalue weighted by molar-refractivity contribution is 0.495. The van der Waals surface area contributed by atoms with Crippen molar-refractivity contribution in [3.63, 3.8) is 0 Å². The van der Waals surface area contributed by atoms with Gasteiger partial charge in [-0.25, -0.2) is 0 Å². The van der Waals surface area contributed by atoms with E-state index in [-0.39, 0.29) is 0 Å². The predicted octanol–water partition coefficient (Wildman–Crippen LogP) is 5.03. The molecule has 3 aromatic rings. The van der Waals surface area contributed by atoms with E-state index in [1.165, 1.54) is 15.6 Å². The van der Waals surface area contributed by atoms with Crippen LogP contribution in [0.15, 0.2) is 52.5 Å². The third kappa shape index (κ3) is 2.05. The molecule has 0 spiro atoms. The normalized spacial score (nSPS) is 13.8. The van der Waals surface area contributed by atoms with Gasteiger partial charge in [-0.05, 0) is 53.8 Å². The average Bonchev–Trinajstić information content (AvgIpc) is 2.94. The summed E-state index contributed by atoms with van der Waals surface area (Å²) in [4.78, 5) is 4.50. The first-order valence-corrected chi connectivity index (χ1v) is 7.97. The molecular formula is C16H10BrNOS. The summed E-state index contributed by atoms with van der Waals surface area (Å²) in [5.74, 6) is 1.76. The number of nitrogens with zero attached hydrogens (tertiary/aromatic N) is 1. The van der Waals surface area contributed by atoms with Gasteiger partial charge in [0.05, 0.1) is 0 Å². The molecule has 0 amide bonds. The highest BCUT2D eigenvalue weighted by atomic mass is 79.9. The van der Waals surface area contributed by atoms with Gasteiger partial charge in [-0.3, -0.25) is 4.98 Å². The number of rotatable bonds is 1. The van der Waals surface area contributed by atoms with Crippen LogP contribution in [-0.4, -0.2) is 4.98 Å². The van der Waals surface area contributed by atoms with Crippen LogP contribution in [0.2, 0.25) is 0 Å². The minimum absolute atomic E-state index is 0.843. The lowest BCUT2D eigenvalue weighted by atomic mass is 10.1. The largest absolute Gasteiger partial charge is 0.455 e. The Morgan fingerprint density at radius 2 is 2.15 bits per heavy atom. The Morgan fingerprint density at radius 1 is 1.20 bits per heavy atom. The first-order chi connectivity index (χ1) is 9.79. The summed E-state index contributed by atoms with van der Waals surface area (Å²) in [6, 6.07) is 10.3. The molecule has 0 fully saturated rings. The third-order valence-corrected chi connectivity index (χ3v) is 4.71. The van der Waals surface area contributed by atoms with E-state index in [1.54, 1.807) is 11.3 Å². The van der Waals surface area contributed by atoms with E-state index < -0.39 is 0 Å². The van der Waals surface area contributed by atoms with Crippen molar-refractivity contribution >= 4 is 43.1 Å². The Labute approximate surface area is 128 Å². The molecule has 3 heterocycles. The van der Waals surface area contributed by atoms with E-state index in [4.69, 9.17) is 4.74 Å². The van der Waals surface area contributed by atoms with Gasteiger partial charge in [-0.15, -0.1) is 11.3 Å². The van der Waals surface area contributed by atoms with Crippen molar-refractivity contribution in [2.75, 3.05) is 0 Å². The molecule has 2 aromatic heterocycles. The minimum Gasteiger partial charge on any atom is -0.455 e. The zero-order chi connectivity index (χ0) is 13.5. The fourth-order valence-electron chi connectivity index (χ4n) is 2.32. The van der Waals surface area contributed by atoms with Crippen LogP contribution in [0.5, 0.6) is 5.75 Å². The van der Waals surface area contributed by atoms with Gasteiger partial charge in [0.2, 0.25) is 0 Å². The van der Waals surface area contributed by atoms with E-state index in [0.29, 0.717) is 0 Å². The highest BCUT2D eigenvalue weighted by Crippen LogP contribution is 2.33. The van der Waals surface area contributed by atoms with Crippen LogP contribution in [0.25, 0.3) is 15.8 Å². The Morgan fingerprint density at radius 3 is 3.10 bits per heavy atom. The number of aromatic nitrogens is 1. The zero-order valence-corrected chi connectivity index (χ0v) is 12.9. The molecule has 4 rings (SSSR count). The van der Waals surface area contributed by atoms with E-state index >= 15 is 0 Å². The standard InChI is InChI=1S/C16H10BrNOS/c17-12-2-4-14-10(7-12)1-3-15(19-14)13-8-16-11(9-18-13)5-6-20-16/h2-9H,1H2. The van der Waals surface area contributed by atoms with E-state index in [0.717, 1.165) is 28.1 Å². The molecular weight excluding hydrogens is 334 g/mol.